The van der Waals surface area contributed by atoms with E-state index in [9.17, 15) is 9.90 Å². The van der Waals surface area contributed by atoms with E-state index in [0.29, 0.717) is 0 Å². The molecule has 0 aliphatic carbocycles. The Balaban J connectivity index is 4.63. The van der Waals surface area contributed by atoms with Gasteiger partial charge in [-0.2, -0.15) is 0 Å². The van der Waals surface area contributed by atoms with Crippen LogP contribution in [0.4, 0.5) is 0 Å². The van der Waals surface area contributed by atoms with Gasteiger partial charge in [-0.05, 0) is 5.53 Å². The second-order valence-electron chi connectivity index (χ2n) is 2.56. The molecule has 0 aliphatic heterocycles. The van der Waals surface area contributed by atoms with Crippen LogP contribution in [0.3, 0.4) is 0 Å². The largest absolute Gasteiger partial charge is 0.394 e. The van der Waals surface area contributed by atoms with Crippen molar-refractivity contribution < 1.29 is 25.2 Å². The summed E-state index contributed by atoms with van der Waals surface area (Å²) in [5.41, 5.74) is 8.06. The third-order valence-electron chi connectivity index (χ3n) is 1.61. The van der Waals surface area contributed by atoms with Crippen LogP contribution < -0.4 is 0 Å². The maximum absolute atomic E-state index is 10.1. The molecule has 0 radical (unpaired) electrons. The highest BCUT2D eigenvalue weighted by molar-refractivity contribution is 5.57. The molecular weight excluding hydrogens is 194 g/mol. The SMILES string of the molecule is [N-]=[N+]=N[C@@H]([C@H](O)[C@H](O)CO)[C@@H](O)C=O. The topological polar surface area (TPSA) is 147 Å². The summed E-state index contributed by atoms with van der Waals surface area (Å²) in [6.07, 6.45) is -4.94. The smallest absolute Gasteiger partial charge is 0.149 e. The molecule has 80 valence electrons. The first kappa shape index (κ1) is 12.8. The number of carbonyl (C=O) groups is 1. The lowest BCUT2D eigenvalue weighted by molar-refractivity contribution is -0.119. The van der Waals surface area contributed by atoms with Gasteiger partial charge in [0.2, 0.25) is 0 Å². The molecule has 0 heterocycles. The summed E-state index contributed by atoms with van der Waals surface area (Å²) in [5, 5.41) is 38.6. The quantitative estimate of drug-likeness (QED) is 0.170. The van der Waals surface area contributed by atoms with Crippen LogP contribution in [0.2, 0.25) is 0 Å². The van der Waals surface area contributed by atoms with Gasteiger partial charge in [0.25, 0.3) is 0 Å². The molecule has 4 N–H and O–H groups in total. The number of aliphatic hydroxyl groups excluding tert-OH is 4. The molecule has 8 heteroatoms. The Morgan fingerprint density at radius 1 is 1.43 bits per heavy atom. The van der Waals surface area contributed by atoms with Gasteiger partial charge in [0.05, 0.1) is 18.8 Å². The summed E-state index contributed by atoms with van der Waals surface area (Å²) in [7, 11) is 0. The maximum Gasteiger partial charge on any atom is 0.149 e. The van der Waals surface area contributed by atoms with Crippen molar-refractivity contribution in [3.8, 4) is 0 Å². The molecule has 0 aromatic heterocycles. The molecule has 14 heavy (non-hydrogen) atoms. The van der Waals surface area contributed by atoms with Gasteiger partial charge in [0.1, 0.15) is 18.5 Å². The van der Waals surface area contributed by atoms with E-state index in [1.54, 1.807) is 0 Å². The molecule has 0 aromatic carbocycles. The Morgan fingerprint density at radius 2 is 2.00 bits per heavy atom. The highest BCUT2D eigenvalue weighted by Gasteiger charge is 2.30. The predicted octanol–water partition coefficient (Wildman–Crippen LogP) is -2.06. The molecule has 0 saturated carbocycles. The van der Waals surface area contributed by atoms with Crippen molar-refractivity contribution in [2.24, 2.45) is 5.11 Å². The predicted molar refractivity (Wildman–Crippen MR) is 44.1 cm³/mol. The van der Waals surface area contributed by atoms with Crippen LogP contribution in [0.25, 0.3) is 10.4 Å². The monoisotopic (exact) mass is 205 g/mol. The van der Waals surface area contributed by atoms with Gasteiger partial charge < -0.3 is 25.2 Å². The van der Waals surface area contributed by atoms with Crippen LogP contribution >= 0.6 is 0 Å². The fraction of sp³-hybridized carbons (Fsp3) is 0.833. The van der Waals surface area contributed by atoms with Gasteiger partial charge in [-0.3, -0.25) is 0 Å². The summed E-state index contributed by atoms with van der Waals surface area (Å²) in [6, 6.07) is -1.51. The minimum absolute atomic E-state index is 0.0622. The van der Waals surface area contributed by atoms with Gasteiger partial charge in [0, 0.05) is 4.91 Å². The standard InChI is InChI=1S/C6H11N3O5/c7-9-8-5(3(12)1-10)6(14)4(13)2-11/h1,3-6,11-14H,2H2/t3-,4+,5+,6+/m0/s1. The minimum atomic E-state index is -1.72. The number of hydrogen-bond donors (Lipinski definition) is 4. The van der Waals surface area contributed by atoms with E-state index < -0.39 is 31.0 Å². The van der Waals surface area contributed by atoms with E-state index in [1.165, 1.54) is 0 Å². The second-order valence-corrected chi connectivity index (χ2v) is 2.56. The molecule has 0 amide bonds. The number of aldehydes is 1. The van der Waals surface area contributed by atoms with Crippen molar-refractivity contribution >= 4 is 6.29 Å². The Hall–Kier alpha value is -1.18. The van der Waals surface area contributed by atoms with Crippen LogP contribution in [-0.2, 0) is 4.79 Å². The van der Waals surface area contributed by atoms with Gasteiger partial charge in [-0.1, -0.05) is 5.11 Å². The first-order valence-corrected chi connectivity index (χ1v) is 3.73. The summed E-state index contributed by atoms with van der Waals surface area (Å²) in [5.74, 6) is 0. The van der Waals surface area contributed by atoms with E-state index in [-0.39, 0.29) is 6.29 Å². The Bertz CT molecular complexity index is 230. The second kappa shape index (κ2) is 6.30. The Morgan fingerprint density at radius 3 is 2.36 bits per heavy atom. The van der Waals surface area contributed by atoms with E-state index in [1.807, 2.05) is 0 Å². The lowest BCUT2D eigenvalue weighted by Gasteiger charge is -2.23. The summed E-state index contributed by atoms with van der Waals surface area (Å²) >= 11 is 0. The normalized spacial score (nSPS) is 18.9. The number of hydrogen-bond acceptors (Lipinski definition) is 6. The number of rotatable bonds is 6. The molecule has 0 fully saturated rings. The zero-order valence-corrected chi connectivity index (χ0v) is 7.13. The summed E-state index contributed by atoms with van der Waals surface area (Å²) in [4.78, 5) is 12.4. The molecule has 8 nitrogen and oxygen atoms in total. The first-order chi connectivity index (χ1) is 6.58. The zero-order valence-electron chi connectivity index (χ0n) is 7.13. The maximum atomic E-state index is 10.1. The number of azide groups is 1. The fourth-order valence-corrected chi connectivity index (χ4v) is 0.814. The van der Waals surface area contributed by atoms with Crippen LogP contribution in [0.1, 0.15) is 0 Å². The first-order valence-electron chi connectivity index (χ1n) is 3.73. The Labute approximate surface area is 79.0 Å². The minimum Gasteiger partial charge on any atom is -0.394 e. The fourth-order valence-electron chi connectivity index (χ4n) is 0.814. The lowest BCUT2D eigenvalue weighted by Crippen LogP contribution is -2.45. The number of nitrogens with zero attached hydrogens (tertiary/aromatic N) is 3. The van der Waals surface area contributed by atoms with Gasteiger partial charge in [-0.15, -0.1) is 0 Å². The Kier molecular flexibility index (Phi) is 5.77. The molecule has 0 bridgehead atoms. The van der Waals surface area contributed by atoms with E-state index in [0.717, 1.165) is 0 Å². The molecule has 0 aliphatic rings. The third kappa shape index (κ3) is 3.29. The van der Waals surface area contributed by atoms with Crippen molar-refractivity contribution in [2.45, 2.75) is 24.4 Å². The van der Waals surface area contributed by atoms with Crippen LogP contribution in [0.5, 0.6) is 0 Å². The van der Waals surface area contributed by atoms with E-state index >= 15 is 0 Å². The molecule has 0 aromatic rings. The van der Waals surface area contributed by atoms with Crippen LogP contribution in [0.15, 0.2) is 5.11 Å². The van der Waals surface area contributed by atoms with Crippen molar-refractivity contribution in [3.05, 3.63) is 10.4 Å². The van der Waals surface area contributed by atoms with Crippen LogP contribution in [-0.4, -0.2) is 57.7 Å². The lowest BCUT2D eigenvalue weighted by atomic mass is 10.0. The molecular formula is C6H11N3O5. The molecule has 4 atom stereocenters. The average Bonchev–Trinajstić information content (AvgIpc) is 2.22. The highest BCUT2D eigenvalue weighted by atomic mass is 16.4. The van der Waals surface area contributed by atoms with E-state index in [4.69, 9.17) is 20.9 Å². The van der Waals surface area contributed by atoms with Crippen LogP contribution in [0, 0.1) is 0 Å². The van der Waals surface area contributed by atoms with Crippen molar-refractivity contribution in [2.75, 3.05) is 6.61 Å². The highest BCUT2D eigenvalue weighted by Crippen LogP contribution is 2.08. The zero-order chi connectivity index (χ0) is 11.1. The number of carbonyl (C=O) groups excluding carboxylic acids is 1. The van der Waals surface area contributed by atoms with Crippen molar-refractivity contribution in [3.63, 3.8) is 0 Å². The molecule has 0 unspecified atom stereocenters. The summed E-state index contributed by atoms with van der Waals surface area (Å²) < 4.78 is 0. The molecule has 0 rings (SSSR count). The van der Waals surface area contributed by atoms with Gasteiger partial charge >= 0.3 is 0 Å². The number of aliphatic hydroxyl groups is 4. The summed E-state index contributed by atoms with van der Waals surface area (Å²) in [6.45, 7) is -0.774. The van der Waals surface area contributed by atoms with Gasteiger partial charge in [-0.25, -0.2) is 0 Å². The van der Waals surface area contributed by atoms with Crippen molar-refractivity contribution in [1.82, 2.24) is 0 Å². The van der Waals surface area contributed by atoms with Gasteiger partial charge in [0.15, 0.2) is 0 Å². The third-order valence-corrected chi connectivity index (χ3v) is 1.61. The van der Waals surface area contributed by atoms with E-state index in [2.05, 4.69) is 10.0 Å². The van der Waals surface area contributed by atoms with Crippen molar-refractivity contribution in [1.29, 1.82) is 0 Å². The molecule has 0 spiro atoms. The molecule has 0 saturated heterocycles. The average molecular weight is 205 g/mol.